The van der Waals surface area contributed by atoms with Gasteiger partial charge in [-0.05, 0) is 59.4 Å². The summed E-state index contributed by atoms with van der Waals surface area (Å²) < 4.78 is 34.0. The molecule has 0 saturated carbocycles. The van der Waals surface area contributed by atoms with Crippen LogP contribution in [0.2, 0.25) is 0 Å². The highest BCUT2D eigenvalue weighted by Crippen LogP contribution is 2.24. The van der Waals surface area contributed by atoms with E-state index in [2.05, 4.69) is 39.2 Å². The molecule has 1 aliphatic heterocycles. The Bertz CT molecular complexity index is 1600. The minimum absolute atomic E-state index is 0.147. The molecule has 44 heavy (non-hydrogen) atoms. The van der Waals surface area contributed by atoms with Crippen molar-refractivity contribution < 1.29 is 17.9 Å². The number of carbonyl (C=O) groups excluding carboxylic acids is 1. The molecule has 1 aliphatic rings. The summed E-state index contributed by atoms with van der Waals surface area (Å²) >= 11 is 0. The van der Waals surface area contributed by atoms with E-state index in [9.17, 15) is 13.2 Å². The molecule has 1 atom stereocenters. The van der Waals surface area contributed by atoms with Crippen molar-refractivity contribution in [2.24, 2.45) is 0 Å². The Labute approximate surface area is 261 Å². The number of rotatable bonds is 13. The maximum absolute atomic E-state index is 13.7. The lowest BCUT2D eigenvalue weighted by Crippen LogP contribution is -2.43. The lowest BCUT2D eigenvalue weighted by molar-refractivity contribution is 0.0364. The minimum Gasteiger partial charge on any atom is -0.379 e. The van der Waals surface area contributed by atoms with Gasteiger partial charge in [-0.15, -0.1) is 0 Å². The Morgan fingerprint density at radius 2 is 1.59 bits per heavy atom. The van der Waals surface area contributed by atoms with Gasteiger partial charge in [-0.25, -0.2) is 17.9 Å². The van der Waals surface area contributed by atoms with Crippen LogP contribution in [0.25, 0.3) is 10.8 Å². The molecule has 8 nitrogen and oxygen atoms in total. The normalized spacial score (nSPS) is 14.8. The summed E-state index contributed by atoms with van der Waals surface area (Å²) in [5.74, 6) is 0. The fourth-order valence-electron chi connectivity index (χ4n) is 5.60. The van der Waals surface area contributed by atoms with Gasteiger partial charge in [-0.2, -0.15) is 0 Å². The highest BCUT2D eigenvalue weighted by atomic mass is 32.2. The first kappa shape index (κ1) is 31.7. The third kappa shape index (κ3) is 8.66. The van der Waals surface area contributed by atoms with E-state index in [0.29, 0.717) is 26.1 Å². The molecular weight excluding hydrogens is 572 g/mol. The fourth-order valence-corrected chi connectivity index (χ4v) is 6.63. The van der Waals surface area contributed by atoms with Crippen molar-refractivity contribution in [1.29, 1.82) is 0 Å². The predicted octanol–water partition coefficient (Wildman–Crippen LogP) is 5.36. The highest BCUT2D eigenvalue weighted by Gasteiger charge is 2.20. The number of nitrogens with one attached hydrogen (secondary N) is 2. The number of nitrogens with zero attached hydrogens (tertiary/aromatic N) is 2. The summed E-state index contributed by atoms with van der Waals surface area (Å²) in [7, 11) is -3.64. The molecule has 9 heteroatoms. The van der Waals surface area contributed by atoms with Crippen molar-refractivity contribution in [3.63, 3.8) is 0 Å². The second-order valence-corrected chi connectivity index (χ2v) is 13.0. The van der Waals surface area contributed by atoms with Crippen molar-refractivity contribution in [1.82, 2.24) is 19.8 Å². The van der Waals surface area contributed by atoms with Gasteiger partial charge in [0.25, 0.3) is 0 Å². The second-order valence-electron chi connectivity index (χ2n) is 11.2. The Morgan fingerprint density at radius 1 is 0.886 bits per heavy atom. The molecule has 0 spiro atoms. The van der Waals surface area contributed by atoms with Crippen molar-refractivity contribution in [2.75, 3.05) is 45.9 Å². The first-order valence-corrected chi connectivity index (χ1v) is 16.8. The van der Waals surface area contributed by atoms with Gasteiger partial charge in [-0.1, -0.05) is 84.9 Å². The van der Waals surface area contributed by atoms with Gasteiger partial charge in [0, 0.05) is 39.3 Å². The zero-order chi connectivity index (χ0) is 30.8. The van der Waals surface area contributed by atoms with Crippen LogP contribution in [0.5, 0.6) is 0 Å². The number of benzene rings is 4. The van der Waals surface area contributed by atoms with Crippen LogP contribution in [0, 0.1) is 0 Å². The van der Waals surface area contributed by atoms with Gasteiger partial charge in [0.1, 0.15) is 0 Å². The molecule has 0 bridgehead atoms. The Balaban J connectivity index is 1.24. The van der Waals surface area contributed by atoms with Crippen LogP contribution < -0.4 is 10.0 Å². The van der Waals surface area contributed by atoms with Crippen LogP contribution in [0.1, 0.15) is 36.1 Å². The monoisotopic (exact) mass is 614 g/mol. The molecule has 232 valence electrons. The Kier molecular flexibility index (Phi) is 11.0. The Morgan fingerprint density at radius 3 is 2.36 bits per heavy atom. The number of sulfonamides is 1. The minimum atomic E-state index is -3.64. The quantitative estimate of drug-likeness (QED) is 0.212. The molecule has 4 aromatic carbocycles. The van der Waals surface area contributed by atoms with E-state index in [1.54, 1.807) is 24.3 Å². The average molecular weight is 615 g/mol. The molecule has 1 unspecified atom stereocenters. The number of urea groups is 1. The maximum atomic E-state index is 13.7. The van der Waals surface area contributed by atoms with Crippen LogP contribution in [0.3, 0.4) is 0 Å². The summed E-state index contributed by atoms with van der Waals surface area (Å²) in [5.41, 5.74) is 3.01. The SMILES string of the molecule is CC(NC(=O)N(CCCN1CCOCC1)Cc1ccc(S(=O)(=O)NCCc2ccccc2)cc1)c1cccc2ccccc12. The van der Waals surface area contributed by atoms with E-state index in [1.165, 1.54) is 0 Å². The third-order valence-corrected chi connectivity index (χ3v) is 9.56. The molecule has 0 radical (unpaired) electrons. The molecule has 0 aliphatic carbocycles. The molecular formula is C35H42N4O4S. The fraction of sp³-hybridized carbons (Fsp3) is 0.343. The van der Waals surface area contributed by atoms with Gasteiger partial charge in [-0.3, -0.25) is 4.90 Å². The average Bonchev–Trinajstić information content (AvgIpc) is 3.05. The molecule has 2 N–H and O–H groups in total. The van der Waals surface area contributed by atoms with Crippen molar-refractivity contribution in [3.05, 3.63) is 114 Å². The second kappa shape index (κ2) is 15.3. The van der Waals surface area contributed by atoms with Crippen LogP contribution in [0.4, 0.5) is 4.79 Å². The van der Waals surface area contributed by atoms with Crippen molar-refractivity contribution in [3.8, 4) is 0 Å². The van der Waals surface area contributed by atoms with Crippen molar-refractivity contribution >= 4 is 26.8 Å². The molecule has 2 amide bonds. The molecule has 4 aromatic rings. The first-order chi connectivity index (χ1) is 21.4. The summed E-state index contributed by atoms with van der Waals surface area (Å²) in [5, 5.41) is 5.48. The van der Waals surface area contributed by atoms with E-state index in [1.807, 2.05) is 60.4 Å². The topological polar surface area (TPSA) is 91.0 Å². The molecule has 1 saturated heterocycles. The number of amides is 2. The smallest absolute Gasteiger partial charge is 0.318 e. The summed E-state index contributed by atoms with van der Waals surface area (Å²) in [6.45, 7) is 7.45. The summed E-state index contributed by atoms with van der Waals surface area (Å²) in [4.78, 5) is 18.1. The largest absolute Gasteiger partial charge is 0.379 e. The van der Waals surface area contributed by atoms with Gasteiger partial charge >= 0.3 is 6.03 Å². The zero-order valence-corrected chi connectivity index (χ0v) is 26.1. The van der Waals surface area contributed by atoms with E-state index < -0.39 is 10.0 Å². The lowest BCUT2D eigenvalue weighted by atomic mass is 10.00. The van der Waals surface area contributed by atoms with E-state index in [0.717, 1.165) is 66.7 Å². The standard InChI is InChI=1S/C35H42N4O4S/c1-28(33-14-7-12-31-11-5-6-13-34(31)33)37-35(40)39(22-8-21-38-23-25-43-26-24-38)27-30-15-17-32(18-16-30)44(41,42)36-20-19-29-9-3-2-4-10-29/h2-7,9-18,28,36H,8,19-27H2,1H3,(H,37,40). The number of hydrogen-bond acceptors (Lipinski definition) is 5. The van der Waals surface area contributed by atoms with E-state index >= 15 is 0 Å². The summed E-state index contributed by atoms with van der Waals surface area (Å²) in [6.07, 6.45) is 1.44. The van der Waals surface area contributed by atoms with Gasteiger partial charge in [0.2, 0.25) is 10.0 Å². The number of carbonyl (C=O) groups is 1. The molecule has 0 aromatic heterocycles. The van der Waals surface area contributed by atoms with E-state index in [4.69, 9.17) is 4.74 Å². The number of morpholine rings is 1. The lowest BCUT2D eigenvalue weighted by Gasteiger charge is -2.29. The number of fused-ring (bicyclic) bond motifs is 1. The molecule has 5 rings (SSSR count). The van der Waals surface area contributed by atoms with Gasteiger partial charge in [0.15, 0.2) is 0 Å². The predicted molar refractivity (Wildman–Crippen MR) is 175 cm³/mol. The summed E-state index contributed by atoms with van der Waals surface area (Å²) in [6, 6.07) is 30.6. The first-order valence-electron chi connectivity index (χ1n) is 15.3. The molecule has 1 fully saturated rings. The van der Waals surface area contributed by atoms with Crippen LogP contribution in [-0.2, 0) is 27.7 Å². The number of ether oxygens (including phenoxy) is 1. The van der Waals surface area contributed by atoms with Gasteiger partial charge in [0.05, 0.1) is 24.2 Å². The van der Waals surface area contributed by atoms with Crippen LogP contribution >= 0.6 is 0 Å². The zero-order valence-electron chi connectivity index (χ0n) is 25.3. The Hall–Kier alpha value is -3.76. The molecule has 1 heterocycles. The van der Waals surface area contributed by atoms with E-state index in [-0.39, 0.29) is 17.0 Å². The highest BCUT2D eigenvalue weighted by molar-refractivity contribution is 7.89. The van der Waals surface area contributed by atoms with Crippen molar-refractivity contribution in [2.45, 2.75) is 37.2 Å². The third-order valence-electron chi connectivity index (χ3n) is 8.08. The van der Waals surface area contributed by atoms with Crippen LogP contribution in [0.15, 0.2) is 102 Å². The van der Waals surface area contributed by atoms with Crippen LogP contribution in [-0.4, -0.2) is 70.2 Å². The van der Waals surface area contributed by atoms with Gasteiger partial charge < -0.3 is 15.0 Å². The number of hydrogen-bond donors (Lipinski definition) is 2. The maximum Gasteiger partial charge on any atom is 0.318 e.